The van der Waals surface area contributed by atoms with Crippen LogP contribution in [0.5, 0.6) is 0 Å². The molecule has 0 unspecified atom stereocenters. The van der Waals surface area contributed by atoms with Crippen molar-refractivity contribution in [1.29, 1.82) is 0 Å². The fourth-order valence-corrected chi connectivity index (χ4v) is 2.25. The van der Waals surface area contributed by atoms with E-state index in [0.717, 1.165) is 0 Å². The Bertz CT molecular complexity index is 51.3. The quantitative estimate of drug-likeness (QED) is 0.582. The molecule has 0 aliphatic rings. The second kappa shape index (κ2) is 3.25. The van der Waals surface area contributed by atoms with Gasteiger partial charge in [0.1, 0.15) is 8.24 Å². The second-order valence-electron chi connectivity index (χ2n) is 2.42. The Kier molecular flexibility index (Phi) is 3.32. The van der Waals surface area contributed by atoms with E-state index in [2.05, 4.69) is 20.8 Å². The van der Waals surface area contributed by atoms with Gasteiger partial charge in [-0.05, 0) is 18.1 Å². The van der Waals surface area contributed by atoms with E-state index in [0.29, 0.717) is 0 Å². The number of rotatable bonds is 3. The molecule has 0 aromatic heterocycles. The molecule has 1 nitrogen and oxygen atoms in total. The molecule has 0 spiro atoms. The van der Waals surface area contributed by atoms with E-state index >= 15 is 0 Å². The van der Waals surface area contributed by atoms with Gasteiger partial charge in [-0.3, -0.25) is 0 Å². The van der Waals surface area contributed by atoms with Crippen molar-refractivity contribution in [3.8, 4) is 0 Å². The van der Waals surface area contributed by atoms with Gasteiger partial charge in [0.2, 0.25) is 0 Å². The van der Waals surface area contributed by atoms with E-state index in [1.165, 1.54) is 18.1 Å². The lowest BCUT2D eigenvalue weighted by Gasteiger charge is -2.20. The van der Waals surface area contributed by atoms with Crippen molar-refractivity contribution in [2.45, 2.75) is 38.9 Å². The van der Waals surface area contributed by atoms with Crippen LogP contribution in [0.4, 0.5) is 0 Å². The van der Waals surface area contributed by atoms with Crippen molar-refractivity contribution < 1.29 is 0 Å². The van der Waals surface area contributed by atoms with Gasteiger partial charge in [-0.15, -0.1) is 0 Å². The molecule has 0 fully saturated rings. The van der Waals surface area contributed by atoms with Crippen LogP contribution in [0.2, 0.25) is 18.1 Å². The topological polar surface area (TPSA) is 26.0 Å². The summed E-state index contributed by atoms with van der Waals surface area (Å²) in [5.74, 6) is 0. The molecule has 8 heavy (non-hydrogen) atoms. The molecule has 0 aliphatic heterocycles. The smallest absolute Gasteiger partial charge is 0.122 e. The summed E-state index contributed by atoms with van der Waals surface area (Å²) in [6, 6.07) is 3.71. The summed E-state index contributed by atoms with van der Waals surface area (Å²) in [7, 11) is -1.17. The highest BCUT2D eigenvalue weighted by molar-refractivity contribution is 6.76. The van der Waals surface area contributed by atoms with Gasteiger partial charge in [0.15, 0.2) is 0 Å². The van der Waals surface area contributed by atoms with Gasteiger partial charge in [0, 0.05) is 0 Å². The van der Waals surface area contributed by atoms with Gasteiger partial charge in [-0.2, -0.15) is 0 Å². The van der Waals surface area contributed by atoms with Crippen molar-refractivity contribution in [2.75, 3.05) is 0 Å². The average molecular weight is 131 g/mol. The first-order valence-electron chi connectivity index (χ1n) is 3.47. The second-order valence-corrected chi connectivity index (χ2v) is 7.27. The predicted molar refractivity (Wildman–Crippen MR) is 41.4 cm³/mol. The monoisotopic (exact) mass is 131 g/mol. The maximum absolute atomic E-state index is 6.03. The Morgan fingerprint density at radius 1 is 1.00 bits per heavy atom. The minimum absolute atomic E-state index is 1.17. The van der Waals surface area contributed by atoms with Crippen LogP contribution in [0.25, 0.3) is 0 Å². The molecular formula is C6H17NSi. The summed E-state index contributed by atoms with van der Waals surface area (Å²) in [4.78, 5) is 0. The molecule has 0 amide bonds. The molecule has 0 saturated carbocycles. The van der Waals surface area contributed by atoms with Gasteiger partial charge in [-0.25, -0.2) is 0 Å². The van der Waals surface area contributed by atoms with E-state index in [-0.39, 0.29) is 0 Å². The van der Waals surface area contributed by atoms with Crippen molar-refractivity contribution in [3.63, 3.8) is 0 Å². The largest absolute Gasteiger partial charge is 0.351 e. The van der Waals surface area contributed by atoms with Crippen molar-refractivity contribution in [3.05, 3.63) is 0 Å². The molecule has 0 atom stereocenters. The molecule has 0 heterocycles. The summed E-state index contributed by atoms with van der Waals surface area (Å²) in [6.45, 7) is 6.62. The van der Waals surface area contributed by atoms with Crippen LogP contribution in [0.1, 0.15) is 20.8 Å². The minimum atomic E-state index is -1.17. The third kappa shape index (κ3) is 1.97. The van der Waals surface area contributed by atoms with Gasteiger partial charge in [-0.1, -0.05) is 20.8 Å². The van der Waals surface area contributed by atoms with E-state index < -0.39 is 8.24 Å². The molecule has 0 rings (SSSR count). The average Bonchev–Trinajstić information content (AvgIpc) is 1.87. The van der Waals surface area contributed by atoms with Crippen molar-refractivity contribution >= 4 is 8.24 Å². The van der Waals surface area contributed by atoms with Crippen molar-refractivity contribution in [1.82, 2.24) is 0 Å². The first-order chi connectivity index (χ1) is 3.68. The molecule has 50 valence electrons. The molecule has 2 heteroatoms. The molecule has 0 aromatic rings. The Balaban J connectivity index is 3.58. The van der Waals surface area contributed by atoms with E-state index in [1.807, 2.05) is 0 Å². The third-order valence-electron chi connectivity index (χ3n) is 2.11. The number of hydrogen-bond donors (Lipinski definition) is 1. The van der Waals surface area contributed by atoms with Crippen LogP contribution in [-0.4, -0.2) is 8.24 Å². The number of hydrogen-bond acceptors (Lipinski definition) is 1. The lowest BCUT2D eigenvalue weighted by atomic mass is 10.9. The van der Waals surface area contributed by atoms with Gasteiger partial charge >= 0.3 is 0 Å². The zero-order valence-corrected chi connectivity index (χ0v) is 7.20. The lowest BCUT2D eigenvalue weighted by Crippen LogP contribution is -2.42. The molecule has 0 radical (unpaired) electrons. The highest BCUT2D eigenvalue weighted by Crippen LogP contribution is 2.11. The summed E-state index contributed by atoms with van der Waals surface area (Å²) >= 11 is 0. The Morgan fingerprint density at radius 3 is 1.25 bits per heavy atom. The highest BCUT2D eigenvalue weighted by Gasteiger charge is 2.19. The van der Waals surface area contributed by atoms with Crippen LogP contribution in [0.3, 0.4) is 0 Å². The van der Waals surface area contributed by atoms with E-state index in [9.17, 15) is 0 Å². The molecule has 0 aromatic carbocycles. The summed E-state index contributed by atoms with van der Waals surface area (Å²) in [6.07, 6.45) is 0. The summed E-state index contributed by atoms with van der Waals surface area (Å²) in [5, 5.41) is 6.03. The maximum atomic E-state index is 6.03. The van der Waals surface area contributed by atoms with Crippen LogP contribution >= 0.6 is 0 Å². The van der Waals surface area contributed by atoms with Crippen LogP contribution in [-0.2, 0) is 0 Å². The zero-order chi connectivity index (χ0) is 6.62. The first-order valence-corrected chi connectivity index (χ1v) is 6.17. The molecule has 0 saturated heterocycles. The molecule has 2 N–H and O–H groups in total. The van der Waals surface area contributed by atoms with Gasteiger partial charge in [0.05, 0.1) is 0 Å². The first kappa shape index (κ1) is 8.18. The predicted octanol–water partition coefficient (Wildman–Crippen LogP) is 1.95. The van der Waals surface area contributed by atoms with Crippen molar-refractivity contribution in [2.24, 2.45) is 5.40 Å². The van der Waals surface area contributed by atoms with E-state index in [4.69, 9.17) is 5.40 Å². The molecular weight excluding hydrogens is 114 g/mol. The Labute approximate surface area is 53.4 Å². The van der Waals surface area contributed by atoms with Crippen LogP contribution in [0.15, 0.2) is 0 Å². The number of nitrogens with two attached hydrogens (primary N) is 1. The zero-order valence-electron chi connectivity index (χ0n) is 6.20. The molecule has 0 bridgehead atoms. The minimum Gasteiger partial charge on any atom is -0.351 e. The Hall–Kier alpha value is 0.177. The van der Waals surface area contributed by atoms with Crippen LogP contribution in [0, 0.1) is 0 Å². The van der Waals surface area contributed by atoms with Gasteiger partial charge in [0.25, 0.3) is 0 Å². The van der Waals surface area contributed by atoms with Gasteiger partial charge < -0.3 is 5.40 Å². The summed E-state index contributed by atoms with van der Waals surface area (Å²) in [5.41, 5.74) is 0. The summed E-state index contributed by atoms with van der Waals surface area (Å²) < 4.78 is 0. The maximum Gasteiger partial charge on any atom is 0.122 e. The van der Waals surface area contributed by atoms with E-state index in [1.54, 1.807) is 0 Å². The molecule has 0 aliphatic carbocycles. The lowest BCUT2D eigenvalue weighted by molar-refractivity contribution is 1.15. The fourth-order valence-electron chi connectivity index (χ4n) is 0.750. The van der Waals surface area contributed by atoms with Crippen LogP contribution < -0.4 is 5.40 Å². The third-order valence-corrected chi connectivity index (χ3v) is 6.34. The standard InChI is InChI=1S/C6H17NSi/c1-4-8(7,5-2)6-3/h4-7H2,1-3H3. The fraction of sp³-hybridized carbons (Fsp3) is 1.00. The Morgan fingerprint density at radius 2 is 1.25 bits per heavy atom. The SMILES string of the molecule is CC[Si](N)(CC)CC. The normalized spacial score (nSPS) is 12.0. The highest BCUT2D eigenvalue weighted by atomic mass is 28.3.